The number of amides is 1. The molecule has 1 amide bonds. The number of nitrogens with zero attached hydrogens (tertiary/aromatic N) is 2. The maximum Gasteiger partial charge on any atom is 0.251 e. The monoisotopic (exact) mass is 451 g/mol. The topological polar surface area (TPSA) is 79.0 Å². The Kier molecular flexibility index (Phi) is 8.13. The highest BCUT2D eigenvalue weighted by molar-refractivity contribution is 7.89. The molecule has 31 heavy (non-hydrogen) atoms. The number of carbonyl (C=O) groups is 1. The number of hydrogen-bond donors (Lipinski definition) is 1. The first-order valence-electron chi connectivity index (χ1n) is 11.6. The van der Waals surface area contributed by atoms with Crippen molar-refractivity contribution in [3.8, 4) is 0 Å². The largest absolute Gasteiger partial charge is 0.379 e. The Hall–Kier alpha value is -1.48. The van der Waals surface area contributed by atoms with E-state index in [1.165, 1.54) is 29.6 Å². The summed E-state index contributed by atoms with van der Waals surface area (Å²) in [5, 5.41) is 3.13. The molecule has 1 aromatic rings. The van der Waals surface area contributed by atoms with Crippen LogP contribution in [0.2, 0.25) is 0 Å². The third-order valence-corrected chi connectivity index (χ3v) is 9.01. The zero-order valence-corrected chi connectivity index (χ0v) is 20.0. The SMILES string of the molecule is CCN(CC)S(=O)(=O)c1cc(C(=O)NCC2(N3CCOCC3)CCCCC2)ccc1C. The minimum Gasteiger partial charge on any atom is -0.379 e. The molecule has 1 saturated heterocycles. The van der Waals surface area contributed by atoms with Crippen LogP contribution in [0, 0.1) is 6.92 Å². The van der Waals surface area contributed by atoms with Crippen molar-refractivity contribution < 1.29 is 17.9 Å². The van der Waals surface area contributed by atoms with Gasteiger partial charge >= 0.3 is 0 Å². The number of benzene rings is 1. The van der Waals surface area contributed by atoms with Gasteiger partial charge < -0.3 is 10.1 Å². The second-order valence-electron chi connectivity index (χ2n) is 8.64. The third kappa shape index (κ3) is 5.30. The van der Waals surface area contributed by atoms with Gasteiger partial charge in [0, 0.05) is 43.8 Å². The molecule has 0 spiro atoms. The Morgan fingerprint density at radius 3 is 2.39 bits per heavy atom. The van der Waals surface area contributed by atoms with Crippen LogP contribution in [0.1, 0.15) is 61.9 Å². The summed E-state index contributed by atoms with van der Waals surface area (Å²) < 4.78 is 33.0. The molecule has 8 heteroatoms. The summed E-state index contributed by atoms with van der Waals surface area (Å²) in [5.74, 6) is -0.214. The predicted octanol–water partition coefficient (Wildman–Crippen LogP) is 2.79. The van der Waals surface area contributed by atoms with Gasteiger partial charge in [-0.15, -0.1) is 0 Å². The number of ether oxygens (including phenoxy) is 1. The maximum absolute atomic E-state index is 13.0. The van der Waals surface area contributed by atoms with Crippen molar-refractivity contribution in [2.75, 3.05) is 45.9 Å². The van der Waals surface area contributed by atoms with Gasteiger partial charge in [-0.3, -0.25) is 9.69 Å². The first-order valence-corrected chi connectivity index (χ1v) is 13.0. The number of hydrogen-bond acceptors (Lipinski definition) is 5. The number of carbonyl (C=O) groups excluding carboxylic acids is 1. The van der Waals surface area contributed by atoms with Gasteiger partial charge in [0.15, 0.2) is 0 Å². The van der Waals surface area contributed by atoms with Crippen molar-refractivity contribution in [1.29, 1.82) is 0 Å². The molecule has 1 N–H and O–H groups in total. The highest BCUT2D eigenvalue weighted by Crippen LogP contribution is 2.34. The van der Waals surface area contributed by atoms with Gasteiger partial charge in [-0.2, -0.15) is 4.31 Å². The Bertz CT molecular complexity index is 856. The molecule has 7 nitrogen and oxygen atoms in total. The molecular weight excluding hydrogens is 414 g/mol. The Balaban J connectivity index is 1.78. The first kappa shape index (κ1) is 24.2. The Morgan fingerprint density at radius 2 is 1.77 bits per heavy atom. The number of nitrogens with one attached hydrogen (secondary N) is 1. The van der Waals surface area contributed by atoms with Crippen molar-refractivity contribution >= 4 is 15.9 Å². The van der Waals surface area contributed by atoms with Crippen molar-refractivity contribution in [3.05, 3.63) is 29.3 Å². The number of aryl methyl sites for hydroxylation is 1. The van der Waals surface area contributed by atoms with Crippen molar-refractivity contribution in [3.63, 3.8) is 0 Å². The summed E-state index contributed by atoms with van der Waals surface area (Å²) in [5.41, 5.74) is 1.02. The van der Waals surface area contributed by atoms with Crippen LogP contribution in [0.4, 0.5) is 0 Å². The Morgan fingerprint density at radius 1 is 1.13 bits per heavy atom. The van der Waals surface area contributed by atoms with Crippen LogP contribution in [-0.4, -0.2) is 75.0 Å². The average Bonchev–Trinajstić information content (AvgIpc) is 2.79. The molecule has 2 aliphatic rings. The molecule has 0 unspecified atom stereocenters. The van der Waals surface area contributed by atoms with E-state index in [-0.39, 0.29) is 16.3 Å². The summed E-state index contributed by atoms with van der Waals surface area (Å²) in [7, 11) is -3.62. The minimum atomic E-state index is -3.62. The minimum absolute atomic E-state index is 0.0293. The zero-order valence-electron chi connectivity index (χ0n) is 19.2. The molecule has 174 valence electrons. The second-order valence-corrected chi connectivity index (χ2v) is 10.5. The van der Waals surface area contributed by atoms with Crippen LogP contribution in [-0.2, 0) is 14.8 Å². The van der Waals surface area contributed by atoms with Crippen molar-refractivity contribution in [1.82, 2.24) is 14.5 Å². The smallest absolute Gasteiger partial charge is 0.251 e. The summed E-state index contributed by atoms with van der Waals surface area (Å²) >= 11 is 0. The summed E-state index contributed by atoms with van der Waals surface area (Å²) in [6, 6.07) is 4.97. The molecule has 1 aliphatic carbocycles. The molecule has 1 aromatic carbocycles. The highest BCUT2D eigenvalue weighted by atomic mass is 32.2. The summed E-state index contributed by atoms with van der Waals surface area (Å²) in [6.07, 6.45) is 5.73. The van der Waals surface area contributed by atoms with Gasteiger partial charge in [-0.05, 0) is 37.5 Å². The van der Waals surface area contributed by atoms with E-state index in [9.17, 15) is 13.2 Å². The van der Waals surface area contributed by atoms with E-state index in [0.29, 0.717) is 30.8 Å². The van der Waals surface area contributed by atoms with Crippen LogP contribution in [0.3, 0.4) is 0 Å². The van der Waals surface area contributed by atoms with Gasteiger partial charge in [-0.25, -0.2) is 8.42 Å². The molecular formula is C23H37N3O4S. The van der Waals surface area contributed by atoms with E-state index < -0.39 is 10.0 Å². The van der Waals surface area contributed by atoms with Crippen LogP contribution in [0.25, 0.3) is 0 Å². The standard InChI is InChI=1S/C23H37N3O4S/c1-4-26(5-2)31(28,29)21-17-20(10-9-19(21)3)22(27)24-18-23(11-7-6-8-12-23)25-13-15-30-16-14-25/h9-10,17H,4-8,11-16,18H2,1-3H3,(H,24,27). The Labute approximate surface area is 187 Å². The van der Waals surface area contributed by atoms with Gasteiger partial charge in [0.25, 0.3) is 5.91 Å². The fourth-order valence-electron chi connectivity index (χ4n) is 4.92. The number of morpholine rings is 1. The van der Waals surface area contributed by atoms with E-state index in [0.717, 1.165) is 39.1 Å². The lowest BCUT2D eigenvalue weighted by atomic mass is 9.79. The van der Waals surface area contributed by atoms with Crippen LogP contribution in [0.5, 0.6) is 0 Å². The molecule has 1 saturated carbocycles. The molecule has 0 atom stereocenters. The predicted molar refractivity (Wildman–Crippen MR) is 122 cm³/mol. The van der Waals surface area contributed by atoms with Gasteiger partial charge in [0.05, 0.1) is 18.1 Å². The second kappa shape index (κ2) is 10.4. The molecule has 0 bridgehead atoms. The quantitative estimate of drug-likeness (QED) is 0.658. The molecule has 0 aromatic heterocycles. The van der Waals surface area contributed by atoms with Gasteiger partial charge in [0.2, 0.25) is 10.0 Å². The average molecular weight is 452 g/mol. The van der Waals surface area contributed by atoms with Crippen molar-refractivity contribution in [2.24, 2.45) is 0 Å². The van der Waals surface area contributed by atoms with Crippen molar-refractivity contribution in [2.45, 2.75) is 63.3 Å². The first-order chi connectivity index (χ1) is 14.8. The van der Waals surface area contributed by atoms with E-state index >= 15 is 0 Å². The molecule has 1 heterocycles. The number of sulfonamides is 1. The lowest BCUT2D eigenvalue weighted by Gasteiger charge is -2.48. The van der Waals surface area contributed by atoms with E-state index in [1.54, 1.807) is 19.1 Å². The van der Waals surface area contributed by atoms with E-state index in [2.05, 4.69) is 10.2 Å². The zero-order chi connectivity index (χ0) is 22.5. The van der Waals surface area contributed by atoms with E-state index in [4.69, 9.17) is 4.74 Å². The highest BCUT2D eigenvalue weighted by Gasteiger charge is 2.39. The fourth-order valence-corrected chi connectivity index (χ4v) is 6.63. The normalized spacial score (nSPS) is 20.0. The van der Waals surface area contributed by atoms with Crippen LogP contribution >= 0.6 is 0 Å². The molecule has 2 fully saturated rings. The lowest BCUT2D eigenvalue weighted by Crippen LogP contribution is -2.59. The van der Waals surface area contributed by atoms with Crippen LogP contribution < -0.4 is 5.32 Å². The lowest BCUT2D eigenvalue weighted by molar-refractivity contribution is -0.0361. The summed E-state index contributed by atoms with van der Waals surface area (Å²) in [6.45, 7) is 10.1. The van der Waals surface area contributed by atoms with Gasteiger partial charge in [-0.1, -0.05) is 39.2 Å². The maximum atomic E-state index is 13.0. The fraction of sp³-hybridized carbons (Fsp3) is 0.696. The summed E-state index contributed by atoms with van der Waals surface area (Å²) in [4.78, 5) is 15.7. The van der Waals surface area contributed by atoms with E-state index in [1.807, 2.05) is 13.8 Å². The third-order valence-electron chi connectivity index (χ3n) is 6.82. The van der Waals surface area contributed by atoms with Gasteiger partial charge in [0.1, 0.15) is 0 Å². The number of rotatable bonds is 8. The molecule has 1 aliphatic heterocycles. The van der Waals surface area contributed by atoms with Crippen LogP contribution in [0.15, 0.2) is 23.1 Å². The molecule has 3 rings (SSSR count). The molecule has 0 radical (unpaired) electrons.